The van der Waals surface area contributed by atoms with E-state index in [9.17, 15) is 22.4 Å². The van der Waals surface area contributed by atoms with Crippen molar-refractivity contribution in [2.24, 2.45) is 0 Å². The van der Waals surface area contributed by atoms with Crippen LogP contribution in [-0.2, 0) is 14.3 Å². The summed E-state index contributed by atoms with van der Waals surface area (Å²) < 4.78 is 50.4. The molecule has 2 saturated heterocycles. The van der Waals surface area contributed by atoms with Gasteiger partial charge >= 0.3 is 12.1 Å². The molecule has 2 aliphatic rings. The second-order valence-corrected chi connectivity index (χ2v) is 7.19. The fourth-order valence-electron chi connectivity index (χ4n) is 2.90. The summed E-state index contributed by atoms with van der Waals surface area (Å²) in [4.78, 5) is 26.6. The molecule has 0 aromatic rings. The Morgan fingerprint density at radius 1 is 1.18 bits per heavy atom. The Morgan fingerprint density at radius 3 is 2.14 bits per heavy atom. The third kappa shape index (κ3) is 8.46. The van der Waals surface area contributed by atoms with Gasteiger partial charge < -0.3 is 14.7 Å². The van der Waals surface area contributed by atoms with Crippen molar-refractivity contribution in [1.29, 1.82) is 0 Å². The normalized spacial score (nSPS) is 23.1. The van der Waals surface area contributed by atoms with Crippen molar-refractivity contribution in [2.45, 2.75) is 37.8 Å². The number of halogens is 5. The molecule has 0 aliphatic carbocycles. The Kier molecular flexibility index (Phi) is 9.88. The number of carbonyl (C=O) groups excluding carboxylic acids is 1. The van der Waals surface area contributed by atoms with E-state index in [1.165, 1.54) is 4.90 Å². The fraction of sp³-hybridized carbons (Fsp3) is 0.875. The van der Waals surface area contributed by atoms with Gasteiger partial charge in [-0.05, 0) is 13.8 Å². The average Bonchev–Trinajstić information content (AvgIpc) is 2.61. The molecule has 1 N–H and O–H groups in total. The Labute approximate surface area is 166 Å². The summed E-state index contributed by atoms with van der Waals surface area (Å²) in [5.41, 5.74) is -1.92. The van der Waals surface area contributed by atoms with E-state index in [1.807, 2.05) is 0 Å². The second-order valence-electron chi connectivity index (χ2n) is 6.81. The molecule has 0 saturated carbocycles. The first-order valence-corrected chi connectivity index (χ1v) is 9.30. The van der Waals surface area contributed by atoms with Crippen LogP contribution >= 0.6 is 11.6 Å². The van der Waals surface area contributed by atoms with Crippen molar-refractivity contribution in [3.05, 3.63) is 0 Å². The van der Waals surface area contributed by atoms with E-state index in [0.717, 1.165) is 39.3 Å². The summed E-state index contributed by atoms with van der Waals surface area (Å²) in [6.45, 7) is 10.5. The van der Waals surface area contributed by atoms with Gasteiger partial charge in [0.2, 0.25) is 0 Å². The van der Waals surface area contributed by atoms with Gasteiger partial charge in [-0.3, -0.25) is 14.6 Å². The quantitative estimate of drug-likeness (QED) is 0.531. The number of nitrogens with zero attached hydrogens (tertiary/aromatic N) is 3. The van der Waals surface area contributed by atoms with Crippen LogP contribution in [-0.4, -0.2) is 108 Å². The van der Waals surface area contributed by atoms with Gasteiger partial charge in [0.1, 0.15) is 0 Å². The molecule has 2 heterocycles. The van der Waals surface area contributed by atoms with Crippen LogP contribution in [0.1, 0.15) is 13.8 Å². The number of alkyl halides is 5. The molecule has 28 heavy (non-hydrogen) atoms. The Morgan fingerprint density at radius 2 is 1.71 bits per heavy atom. The lowest BCUT2D eigenvalue weighted by Gasteiger charge is -2.40. The molecule has 2 rings (SSSR count). The van der Waals surface area contributed by atoms with E-state index < -0.39 is 23.7 Å². The van der Waals surface area contributed by atoms with Crippen LogP contribution < -0.4 is 0 Å². The first-order chi connectivity index (χ1) is 12.9. The van der Waals surface area contributed by atoms with Crippen LogP contribution in [0.5, 0.6) is 0 Å². The summed E-state index contributed by atoms with van der Waals surface area (Å²) in [6, 6.07) is 0.538. The van der Waals surface area contributed by atoms with Gasteiger partial charge in [0, 0.05) is 51.9 Å². The van der Waals surface area contributed by atoms with Gasteiger partial charge in [0.15, 0.2) is 0 Å². The topological polar surface area (TPSA) is 73.3 Å². The molecule has 0 aromatic carbocycles. The SMILES string of the molecule is CC(C)N1CCOC(CN2CCN(C(=O)C(F)Cl)CC2)C1.O=C(O)C(F)(F)F. The van der Waals surface area contributed by atoms with E-state index in [1.54, 1.807) is 0 Å². The average molecular weight is 436 g/mol. The molecule has 7 nitrogen and oxygen atoms in total. The predicted octanol–water partition coefficient (Wildman–Crippen LogP) is 1.41. The van der Waals surface area contributed by atoms with E-state index >= 15 is 0 Å². The van der Waals surface area contributed by atoms with Crippen molar-refractivity contribution >= 4 is 23.5 Å². The molecule has 0 bridgehead atoms. The van der Waals surface area contributed by atoms with Crippen LogP contribution in [0.3, 0.4) is 0 Å². The molecular formula is C16H26ClF4N3O4. The predicted molar refractivity (Wildman–Crippen MR) is 93.9 cm³/mol. The number of carboxylic acid groups (broad SMARTS) is 1. The van der Waals surface area contributed by atoms with Gasteiger partial charge in [-0.1, -0.05) is 11.6 Å². The second kappa shape index (κ2) is 11.1. The molecular weight excluding hydrogens is 410 g/mol. The van der Waals surface area contributed by atoms with E-state index in [2.05, 4.69) is 23.6 Å². The minimum Gasteiger partial charge on any atom is -0.475 e. The third-order valence-corrected chi connectivity index (χ3v) is 4.66. The highest BCUT2D eigenvalue weighted by Crippen LogP contribution is 2.14. The highest BCUT2D eigenvalue weighted by molar-refractivity contribution is 6.29. The standard InChI is InChI=1S/C14H25ClFN3O2.C2HF3O2/c1-11(2)19-7-8-21-12(10-19)9-17-3-5-18(6-4-17)14(20)13(15)16;3-2(4,5)1(6)7/h11-13H,3-10H2,1-2H3;(H,6,7). The van der Waals surface area contributed by atoms with Gasteiger partial charge in [-0.15, -0.1) is 0 Å². The highest BCUT2D eigenvalue weighted by Gasteiger charge is 2.38. The number of hydrogen-bond acceptors (Lipinski definition) is 5. The zero-order valence-electron chi connectivity index (χ0n) is 15.8. The van der Waals surface area contributed by atoms with Gasteiger partial charge in [-0.2, -0.15) is 13.2 Å². The highest BCUT2D eigenvalue weighted by atomic mass is 35.5. The lowest BCUT2D eigenvalue weighted by molar-refractivity contribution is -0.192. The van der Waals surface area contributed by atoms with E-state index in [0.29, 0.717) is 19.1 Å². The van der Waals surface area contributed by atoms with Crippen LogP contribution in [0.15, 0.2) is 0 Å². The van der Waals surface area contributed by atoms with Crippen LogP contribution in [0.4, 0.5) is 17.6 Å². The molecule has 0 aromatic heterocycles. The number of carbonyl (C=O) groups is 2. The smallest absolute Gasteiger partial charge is 0.475 e. The summed E-state index contributed by atoms with van der Waals surface area (Å²) >= 11 is 5.20. The Balaban J connectivity index is 0.000000480. The van der Waals surface area contributed by atoms with Crippen molar-refractivity contribution < 1.29 is 37.0 Å². The number of rotatable bonds is 4. The zero-order valence-corrected chi connectivity index (χ0v) is 16.5. The first kappa shape index (κ1) is 24.9. The molecule has 2 atom stereocenters. The van der Waals surface area contributed by atoms with Gasteiger partial charge in [-0.25, -0.2) is 9.18 Å². The Bertz CT molecular complexity index is 515. The minimum absolute atomic E-state index is 0.213. The van der Waals surface area contributed by atoms with E-state index in [-0.39, 0.29) is 6.10 Å². The fourth-order valence-corrected chi connectivity index (χ4v) is 3.04. The number of aliphatic carboxylic acids is 1. The van der Waals surface area contributed by atoms with Crippen molar-refractivity contribution in [3.63, 3.8) is 0 Å². The van der Waals surface area contributed by atoms with Crippen LogP contribution in [0, 0.1) is 0 Å². The zero-order chi connectivity index (χ0) is 21.5. The summed E-state index contributed by atoms with van der Waals surface area (Å²) in [7, 11) is 0. The third-order valence-electron chi connectivity index (χ3n) is 4.48. The molecule has 0 spiro atoms. The summed E-state index contributed by atoms with van der Waals surface area (Å²) in [5.74, 6) is -3.37. The first-order valence-electron chi connectivity index (χ1n) is 8.86. The number of ether oxygens (including phenoxy) is 1. The monoisotopic (exact) mass is 435 g/mol. The van der Waals surface area contributed by atoms with Crippen molar-refractivity contribution in [1.82, 2.24) is 14.7 Å². The van der Waals surface area contributed by atoms with E-state index in [4.69, 9.17) is 26.2 Å². The largest absolute Gasteiger partial charge is 0.490 e. The molecule has 2 unspecified atom stereocenters. The van der Waals surface area contributed by atoms with Crippen LogP contribution in [0.25, 0.3) is 0 Å². The lowest BCUT2D eigenvalue weighted by Crippen LogP contribution is -2.54. The summed E-state index contributed by atoms with van der Waals surface area (Å²) in [6.07, 6.45) is -4.87. The molecule has 0 radical (unpaired) electrons. The molecule has 2 aliphatic heterocycles. The number of amides is 1. The minimum atomic E-state index is -5.08. The lowest BCUT2D eigenvalue weighted by atomic mass is 10.2. The maximum atomic E-state index is 12.8. The van der Waals surface area contributed by atoms with Gasteiger partial charge in [0.05, 0.1) is 12.7 Å². The molecule has 164 valence electrons. The van der Waals surface area contributed by atoms with Gasteiger partial charge in [0.25, 0.3) is 11.5 Å². The van der Waals surface area contributed by atoms with Crippen molar-refractivity contribution in [3.8, 4) is 0 Å². The maximum absolute atomic E-state index is 12.8. The van der Waals surface area contributed by atoms with Crippen LogP contribution in [0.2, 0.25) is 0 Å². The number of carboxylic acids is 1. The molecule has 1 amide bonds. The Hall–Kier alpha value is -1.17. The molecule has 2 fully saturated rings. The van der Waals surface area contributed by atoms with Crippen molar-refractivity contribution in [2.75, 3.05) is 52.4 Å². The molecule has 12 heteroatoms. The number of piperazine rings is 1. The maximum Gasteiger partial charge on any atom is 0.490 e. The number of morpholine rings is 1. The number of hydrogen-bond donors (Lipinski definition) is 1. The summed E-state index contributed by atoms with van der Waals surface area (Å²) in [5, 5.41) is 7.12.